The summed E-state index contributed by atoms with van der Waals surface area (Å²) in [5.74, 6) is -0.497. The number of nitrogens with one attached hydrogen (secondary N) is 1. The van der Waals surface area contributed by atoms with Crippen LogP contribution in [0.25, 0.3) is 0 Å². The highest BCUT2D eigenvalue weighted by atomic mass is 35.5. The second-order valence-electron chi connectivity index (χ2n) is 6.52. The first kappa shape index (κ1) is 16.2. The molecule has 1 aromatic rings. The maximum absolute atomic E-state index is 13.4. The number of nitrogens with two attached hydrogens (primary N) is 1. The molecule has 0 saturated heterocycles. The van der Waals surface area contributed by atoms with Crippen molar-refractivity contribution in [3.8, 4) is 0 Å². The highest BCUT2D eigenvalue weighted by Gasteiger charge is 2.44. The fourth-order valence-electron chi connectivity index (χ4n) is 3.12. The molecule has 3 N–H and O–H groups in total. The molecule has 1 fully saturated rings. The topological polar surface area (TPSA) is 55.1 Å². The molecule has 1 saturated carbocycles. The van der Waals surface area contributed by atoms with Gasteiger partial charge in [-0.3, -0.25) is 4.79 Å². The summed E-state index contributed by atoms with van der Waals surface area (Å²) in [6, 6.07) is 4.41. The third kappa shape index (κ3) is 3.22. The maximum atomic E-state index is 13.4. The number of anilines is 1. The number of hydrogen-bond acceptors (Lipinski definition) is 2. The minimum atomic E-state index is -0.534. The Morgan fingerprint density at radius 2 is 2.10 bits per heavy atom. The van der Waals surface area contributed by atoms with Gasteiger partial charge in [0.2, 0.25) is 5.91 Å². The highest BCUT2D eigenvalue weighted by molar-refractivity contribution is 6.30. The molecular weight excluding hydrogens is 291 g/mol. The Labute approximate surface area is 130 Å². The van der Waals surface area contributed by atoms with Gasteiger partial charge in [-0.15, -0.1) is 0 Å². The van der Waals surface area contributed by atoms with Gasteiger partial charge >= 0.3 is 0 Å². The van der Waals surface area contributed by atoms with Gasteiger partial charge in [0.05, 0.1) is 5.02 Å². The molecule has 1 aliphatic rings. The minimum absolute atomic E-state index is 0.0468. The summed E-state index contributed by atoms with van der Waals surface area (Å²) in [6.45, 7) is 6.23. The molecule has 5 heteroatoms. The van der Waals surface area contributed by atoms with Crippen LogP contribution < -0.4 is 11.1 Å². The van der Waals surface area contributed by atoms with E-state index >= 15 is 0 Å². The zero-order valence-electron chi connectivity index (χ0n) is 12.6. The lowest BCUT2D eigenvalue weighted by Gasteiger charge is -2.46. The first-order valence-electron chi connectivity index (χ1n) is 7.25. The van der Waals surface area contributed by atoms with Gasteiger partial charge in [-0.2, -0.15) is 0 Å². The van der Waals surface area contributed by atoms with E-state index in [0.29, 0.717) is 5.69 Å². The van der Waals surface area contributed by atoms with E-state index in [9.17, 15) is 9.18 Å². The summed E-state index contributed by atoms with van der Waals surface area (Å²) in [6.07, 6.45) is 1.58. The summed E-state index contributed by atoms with van der Waals surface area (Å²) in [4.78, 5) is 12.5. The Morgan fingerprint density at radius 3 is 2.71 bits per heavy atom. The molecule has 0 aliphatic heterocycles. The van der Waals surface area contributed by atoms with Crippen molar-refractivity contribution in [3.63, 3.8) is 0 Å². The fourth-order valence-corrected chi connectivity index (χ4v) is 3.24. The third-order valence-electron chi connectivity index (χ3n) is 5.01. The maximum Gasteiger partial charge on any atom is 0.228 e. The van der Waals surface area contributed by atoms with Crippen LogP contribution >= 0.6 is 11.6 Å². The molecule has 0 aromatic heterocycles. The Kier molecular flexibility index (Phi) is 4.59. The number of carbonyl (C=O) groups is 1. The predicted octanol–water partition coefficient (Wildman–Crippen LogP) is 3.82. The second kappa shape index (κ2) is 5.93. The van der Waals surface area contributed by atoms with E-state index < -0.39 is 5.82 Å². The minimum Gasteiger partial charge on any atom is -0.327 e. The van der Waals surface area contributed by atoms with E-state index in [-0.39, 0.29) is 34.2 Å². The number of rotatable bonds is 2. The molecular formula is C16H22ClFN2O. The number of hydrogen-bond donors (Lipinski definition) is 2. The highest BCUT2D eigenvalue weighted by Crippen LogP contribution is 2.44. The Bertz CT molecular complexity index is 547. The van der Waals surface area contributed by atoms with E-state index in [1.807, 2.05) is 0 Å². The molecule has 0 spiro atoms. The Morgan fingerprint density at radius 1 is 1.43 bits per heavy atom. The molecule has 3 nitrogen and oxygen atoms in total. The quantitative estimate of drug-likeness (QED) is 0.872. The van der Waals surface area contributed by atoms with Crippen molar-refractivity contribution < 1.29 is 9.18 Å². The van der Waals surface area contributed by atoms with Gasteiger partial charge < -0.3 is 11.1 Å². The van der Waals surface area contributed by atoms with E-state index in [1.165, 1.54) is 12.1 Å². The van der Waals surface area contributed by atoms with Crippen molar-refractivity contribution in [1.29, 1.82) is 0 Å². The van der Waals surface area contributed by atoms with Gasteiger partial charge in [0.25, 0.3) is 0 Å². The molecule has 116 valence electrons. The van der Waals surface area contributed by atoms with E-state index in [0.717, 1.165) is 12.8 Å². The number of benzene rings is 1. The van der Waals surface area contributed by atoms with Crippen LogP contribution in [0.4, 0.5) is 10.1 Å². The van der Waals surface area contributed by atoms with Crippen molar-refractivity contribution >= 4 is 23.2 Å². The molecule has 3 atom stereocenters. The van der Waals surface area contributed by atoms with E-state index in [1.54, 1.807) is 6.07 Å². The summed E-state index contributed by atoms with van der Waals surface area (Å²) < 4.78 is 13.4. The van der Waals surface area contributed by atoms with Gasteiger partial charge in [-0.1, -0.05) is 32.4 Å². The molecule has 21 heavy (non-hydrogen) atoms. The second-order valence-corrected chi connectivity index (χ2v) is 6.93. The van der Waals surface area contributed by atoms with Crippen LogP contribution in [-0.2, 0) is 4.79 Å². The summed E-state index contributed by atoms with van der Waals surface area (Å²) in [5, 5.41) is 2.84. The van der Waals surface area contributed by atoms with Crippen LogP contribution in [0, 0.1) is 23.1 Å². The van der Waals surface area contributed by atoms with E-state index in [4.69, 9.17) is 17.3 Å². The zero-order chi connectivity index (χ0) is 15.8. The molecule has 1 aliphatic carbocycles. The summed E-state index contributed by atoms with van der Waals surface area (Å²) >= 11 is 5.64. The SMILES string of the molecule is CC1C(N)CCC(C(=O)Nc2ccc(Cl)c(F)c2)C1(C)C. The fraction of sp³-hybridized carbons (Fsp3) is 0.562. The van der Waals surface area contributed by atoms with Crippen LogP contribution in [0.5, 0.6) is 0 Å². The van der Waals surface area contributed by atoms with Gasteiger partial charge in [0, 0.05) is 17.6 Å². The van der Waals surface area contributed by atoms with E-state index in [2.05, 4.69) is 26.1 Å². The van der Waals surface area contributed by atoms with Gasteiger partial charge in [0.15, 0.2) is 0 Å². The van der Waals surface area contributed by atoms with Crippen molar-refractivity contribution in [2.45, 2.75) is 39.7 Å². The summed E-state index contributed by atoms with van der Waals surface area (Å²) in [7, 11) is 0. The van der Waals surface area contributed by atoms with Crippen molar-refractivity contribution in [3.05, 3.63) is 29.0 Å². The standard InChI is InChI=1S/C16H22ClFN2O/c1-9-14(19)7-5-11(16(9,2)3)15(21)20-10-4-6-12(17)13(18)8-10/h4,6,8-9,11,14H,5,7,19H2,1-3H3,(H,20,21). The Hall–Kier alpha value is -1.13. The predicted molar refractivity (Wildman–Crippen MR) is 83.7 cm³/mol. The third-order valence-corrected chi connectivity index (χ3v) is 5.31. The lowest BCUT2D eigenvalue weighted by Crippen LogP contribution is -2.50. The molecule has 0 radical (unpaired) electrons. The lowest BCUT2D eigenvalue weighted by molar-refractivity contribution is -0.127. The van der Waals surface area contributed by atoms with Crippen molar-refractivity contribution in [2.75, 3.05) is 5.32 Å². The number of carbonyl (C=O) groups excluding carboxylic acids is 1. The molecule has 0 bridgehead atoms. The largest absolute Gasteiger partial charge is 0.327 e. The zero-order valence-corrected chi connectivity index (χ0v) is 13.4. The first-order valence-corrected chi connectivity index (χ1v) is 7.62. The molecule has 1 amide bonds. The van der Waals surface area contributed by atoms with Crippen LogP contribution in [0.2, 0.25) is 5.02 Å². The monoisotopic (exact) mass is 312 g/mol. The van der Waals surface area contributed by atoms with Crippen LogP contribution in [0.3, 0.4) is 0 Å². The van der Waals surface area contributed by atoms with Gasteiger partial charge in [-0.25, -0.2) is 4.39 Å². The molecule has 3 unspecified atom stereocenters. The average molecular weight is 313 g/mol. The van der Waals surface area contributed by atoms with Crippen LogP contribution in [0.1, 0.15) is 33.6 Å². The Balaban J connectivity index is 2.14. The summed E-state index contributed by atoms with van der Waals surface area (Å²) in [5.41, 5.74) is 6.35. The average Bonchev–Trinajstić information content (AvgIpc) is 2.40. The molecule has 1 aromatic carbocycles. The smallest absolute Gasteiger partial charge is 0.228 e. The van der Waals surface area contributed by atoms with Crippen LogP contribution in [0.15, 0.2) is 18.2 Å². The van der Waals surface area contributed by atoms with Crippen molar-refractivity contribution in [2.24, 2.45) is 23.0 Å². The van der Waals surface area contributed by atoms with Crippen molar-refractivity contribution in [1.82, 2.24) is 0 Å². The normalized spacial score (nSPS) is 28.2. The van der Waals surface area contributed by atoms with Gasteiger partial charge in [-0.05, 0) is 42.4 Å². The molecule has 0 heterocycles. The number of amides is 1. The van der Waals surface area contributed by atoms with Crippen LogP contribution in [-0.4, -0.2) is 11.9 Å². The number of halogens is 2. The first-order chi connectivity index (χ1) is 9.73. The lowest BCUT2D eigenvalue weighted by atomic mass is 9.61. The molecule has 2 rings (SSSR count). The van der Waals surface area contributed by atoms with Gasteiger partial charge in [0.1, 0.15) is 5.82 Å².